The molecule has 0 aliphatic carbocycles. The summed E-state index contributed by atoms with van der Waals surface area (Å²) in [7, 11) is 0. The van der Waals surface area contributed by atoms with Crippen molar-refractivity contribution in [3.05, 3.63) is 51.7 Å². The van der Waals surface area contributed by atoms with Gasteiger partial charge >= 0.3 is 0 Å². The second-order valence-electron chi connectivity index (χ2n) is 8.83. The number of benzene rings is 1. The van der Waals surface area contributed by atoms with E-state index in [0.717, 1.165) is 53.3 Å². The Bertz CT molecular complexity index is 1510. The van der Waals surface area contributed by atoms with Crippen LogP contribution in [0.3, 0.4) is 0 Å². The fraction of sp³-hybridized carbons (Fsp3) is 0.400. The van der Waals surface area contributed by atoms with Crippen molar-refractivity contribution in [3.63, 3.8) is 0 Å². The molecular formula is C25H28N8O. The number of anilines is 1. The molecule has 0 amide bonds. The van der Waals surface area contributed by atoms with Crippen LogP contribution >= 0.6 is 0 Å². The molecule has 1 saturated heterocycles. The van der Waals surface area contributed by atoms with Crippen molar-refractivity contribution >= 4 is 28.0 Å². The van der Waals surface area contributed by atoms with E-state index < -0.39 is 0 Å². The van der Waals surface area contributed by atoms with Gasteiger partial charge in [-0.05, 0) is 51.3 Å². The summed E-state index contributed by atoms with van der Waals surface area (Å²) >= 11 is 0. The van der Waals surface area contributed by atoms with Crippen molar-refractivity contribution in [1.82, 2.24) is 29.3 Å². The van der Waals surface area contributed by atoms with E-state index in [2.05, 4.69) is 31.8 Å². The van der Waals surface area contributed by atoms with E-state index in [1.807, 2.05) is 36.6 Å². The smallest absolute Gasteiger partial charge is 0.293 e. The monoisotopic (exact) mass is 456 g/mol. The summed E-state index contributed by atoms with van der Waals surface area (Å²) in [6.45, 7) is 7.97. The molecule has 0 unspecified atom stereocenters. The highest BCUT2D eigenvalue weighted by Crippen LogP contribution is 2.23. The molecule has 1 aliphatic heterocycles. The molecule has 0 saturated carbocycles. The molecule has 1 aromatic carbocycles. The number of imidazole rings is 1. The van der Waals surface area contributed by atoms with Gasteiger partial charge in [0.25, 0.3) is 5.56 Å². The maximum absolute atomic E-state index is 13.6. The zero-order chi connectivity index (χ0) is 23.8. The van der Waals surface area contributed by atoms with Gasteiger partial charge in [-0.1, -0.05) is 12.0 Å². The van der Waals surface area contributed by atoms with Crippen LogP contribution in [0.4, 0.5) is 5.95 Å². The number of hydrogen-bond donors (Lipinski definition) is 1. The van der Waals surface area contributed by atoms with E-state index in [-0.39, 0.29) is 11.6 Å². The van der Waals surface area contributed by atoms with Gasteiger partial charge in [-0.15, -0.1) is 5.92 Å². The van der Waals surface area contributed by atoms with E-state index in [1.165, 1.54) is 4.68 Å². The highest BCUT2D eigenvalue weighted by atomic mass is 16.1. The van der Waals surface area contributed by atoms with Crippen LogP contribution in [0.15, 0.2) is 29.2 Å². The Hall–Kier alpha value is -3.77. The summed E-state index contributed by atoms with van der Waals surface area (Å²) in [5, 5.41) is 4.42. The molecule has 1 atom stereocenters. The highest BCUT2D eigenvalue weighted by molar-refractivity contribution is 5.77. The van der Waals surface area contributed by atoms with Crippen molar-refractivity contribution in [2.24, 2.45) is 5.73 Å². The molecule has 4 aromatic rings. The highest BCUT2D eigenvalue weighted by Gasteiger charge is 2.24. The molecule has 9 heteroatoms. The zero-order valence-electron chi connectivity index (χ0n) is 19.7. The van der Waals surface area contributed by atoms with E-state index in [4.69, 9.17) is 10.7 Å². The van der Waals surface area contributed by atoms with E-state index >= 15 is 0 Å². The van der Waals surface area contributed by atoms with Crippen molar-refractivity contribution in [2.45, 2.75) is 52.7 Å². The maximum atomic E-state index is 13.6. The summed E-state index contributed by atoms with van der Waals surface area (Å²) in [6.07, 6.45) is 3.65. The van der Waals surface area contributed by atoms with Crippen LogP contribution in [0, 0.1) is 25.7 Å². The summed E-state index contributed by atoms with van der Waals surface area (Å²) in [4.78, 5) is 29.7. The maximum Gasteiger partial charge on any atom is 0.293 e. The summed E-state index contributed by atoms with van der Waals surface area (Å²) < 4.78 is 3.38. The third kappa shape index (κ3) is 4.01. The van der Waals surface area contributed by atoms with Gasteiger partial charge in [0.05, 0.1) is 41.7 Å². The average molecular weight is 457 g/mol. The Labute approximate surface area is 197 Å². The molecular weight excluding hydrogens is 428 g/mol. The third-order valence-electron chi connectivity index (χ3n) is 6.36. The van der Waals surface area contributed by atoms with Crippen LogP contribution in [-0.4, -0.2) is 48.4 Å². The molecule has 1 fully saturated rings. The Balaban J connectivity index is 1.57. The van der Waals surface area contributed by atoms with Crippen molar-refractivity contribution in [3.8, 4) is 11.8 Å². The lowest BCUT2D eigenvalue weighted by Crippen LogP contribution is -2.44. The first-order chi connectivity index (χ1) is 16.4. The number of aromatic nitrogens is 6. The van der Waals surface area contributed by atoms with Gasteiger partial charge in [0, 0.05) is 19.1 Å². The number of nitrogens with zero attached hydrogens (tertiary/aromatic N) is 7. The molecule has 0 radical (unpaired) electrons. The number of fused-ring (bicyclic) bond motifs is 2. The van der Waals surface area contributed by atoms with Crippen LogP contribution < -0.4 is 16.2 Å². The number of rotatable bonds is 4. The fourth-order valence-electron chi connectivity index (χ4n) is 4.47. The van der Waals surface area contributed by atoms with Gasteiger partial charge in [0.1, 0.15) is 11.0 Å². The first-order valence-corrected chi connectivity index (χ1v) is 11.5. The van der Waals surface area contributed by atoms with Gasteiger partial charge in [0.2, 0.25) is 5.95 Å². The lowest BCUT2D eigenvalue weighted by Gasteiger charge is -2.31. The van der Waals surface area contributed by atoms with E-state index in [1.54, 1.807) is 13.1 Å². The molecule has 2 N–H and O–H groups in total. The lowest BCUT2D eigenvalue weighted by molar-refractivity contribution is 0.496. The minimum Gasteiger partial charge on any atom is -0.341 e. The third-order valence-corrected chi connectivity index (χ3v) is 6.36. The van der Waals surface area contributed by atoms with Crippen molar-refractivity contribution in [1.29, 1.82) is 0 Å². The normalized spacial score (nSPS) is 16.1. The number of nitrogens with two attached hydrogens (primary N) is 1. The molecule has 9 nitrogen and oxygen atoms in total. The van der Waals surface area contributed by atoms with Crippen LogP contribution in [-0.2, 0) is 13.1 Å². The molecule has 3 aromatic heterocycles. The molecule has 0 spiro atoms. The second kappa shape index (κ2) is 8.88. The van der Waals surface area contributed by atoms with Gasteiger partial charge in [0.15, 0.2) is 0 Å². The first kappa shape index (κ1) is 22.0. The Morgan fingerprint density at radius 2 is 1.91 bits per heavy atom. The molecule has 1 aliphatic rings. The van der Waals surface area contributed by atoms with Gasteiger partial charge < -0.3 is 10.6 Å². The SMILES string of the molecule is CC#CCn1c(N2CCC[C@@H](N)C2)nc2cnn(Cc3ccc4nc(C)c(C)nc4c3)c(=O)c21. The quantitative estimate of drug-likeness (QED) is 0.469. The van der Waals surface area contributed by atoms with Gasteiger partial charge in [-0.2, -0.15) is 5.10 Å². The average Bonchev–Trinajstić information content (AvgIpc) is 3.20. The van der Waals surface area contributed by atoms with Gasteiger partial charge in [-0.25, -0.2) is 19.6 Å². The predicted molar refractivity (Wildman–Crippen MR) is 133 cm³/mol. The largest absolute Gasteiger partial charge is 0.341 e. The topological polar surface area (TPSA) is 108 Å². The first-order valence-electron chi connectivity index (χ1n) is 11.5. The molecule has 4 heterocycles. The lowest BCUT2D eigenvalue weighted by atomic mass is 10.1. The second-order valence-corrected chi connectivity index (χ2v) is 8.83. The van der Waals surface area contributed by atoms with Crippen LogP contribution in [0.1, 0.15) is 36.7 Å². The molecule has 5 rings (SSSR count). The minimum atomic E-state index is -0.193. The van der Waals surface area contributed by atoms with Crippen LogP contribution in [0.25, 0.3) is 22.1 Å². The summed E-state index contributed by atoms with van der Waals surface area (Å²) in [6, 6.07) is 5.96. The minimum absolute atomic E-state index is 0.0949. The van der Waals surface area contributed by atoms with E-state index in [0.29, 0.717) is 30.7 Å². The Morgan fingerprint density at radius 3 is 2.68 bits per heavy atom. The number of aryl methyl sites for hydroxylation is 2. The molecule has 34 heavy (non-hydrogen) atoms. The summed E-state index contributed by atoms with van der Waals surface area (Å²) in [5.74, 6) is 6.75. The Kier molecular flexibility index (Phi) is 5.75. The standard InChI is InChI=1S/C25H28N8O/c1-4-5-11-32-23-22(30-25(32)31-10-6-7-19(26)15-31)13-27-33(24(23)34)14-18-8-9-20-21(12-18)29-17(3)16(2)28-20/h8-9,12-13,19H,6-7,10-11,14-15,26H2,1-3H3/t19-/m1/s1. The van der Waals surface area contributed by atoms with Crippen LogP contribution in [0.2, 0.25) is 0 Å². The zero-order valence-corrected chi connectivity index (χ0v) is 19.7. The van der Waals surface area contributed by atoms with Crippen molar-refractivity contribution in [2.75, 3.05) is 18.0 Å². The fourth-order valence-corrected chi connectivity index (χ4v) is 4.47. The van der Waals surface area contributed by atoms with Crippen LogP contribution in [0.5, 0.6) is 0 Å². The van der Waals surface area contributed by atoms with Crippen molar-refractivity contribution < 1.29 is 0 Å². The molecule has 174 valence electrons. The van der Waals surface area contributed by atoms with Gasteiger partial charge in [-0.3, -0.25) is 9.36 Å². The Morgan fingerprint density at radius 1 is 1.12 bits per heavy atom. The number of hydrogen-bond acceptors (Lipinski definition) is 7. The number of piperidine rings is 1. The van der Waals surface area contributed by atoms with E-state index in [9.17, 15) is 4.79 Å². The summed E-state index contributed by atoms with van der Waals surface area (Å²) in [5.41, 5.74) is 11.5. The molecule has 0 bridgehead atoms. The predicted octanol–water partition coefficient (Wildman–Crippen LogP) is 2.15.